The summed E-state index contributed by atoms with van der Waals surface area (Å²) in [5.74, 6) is -0.0507. The quantitative estimate of drug-likeness (QED) is 0.335. The van der Waals surface area contributed by atoms with Crippen LogP contribution in [0.3, 0.4) is 0 Å². The normalized spacial score (nSPS) is 14.7. The molecule has 2 heterocycles. The highest BCUT2D eigenvalue weighted by Crippen LogP contribution is 2.24. The summed E-state index contributed by atoms with van der Waals surface area (Å²) < 4.78 is 1.48. The van der Waals surface area contributed by atoms with Crippen molar-refractivity contribution in [2.24, 2.45) is 0 Å². The molecule has 4 rings (SSSR count). The van der Waals surface area contributed by atoms with Crippen molar-refractivity contribution in [3.63, 3.8) is 0 Å². The second kappa shape index (κ2) is 16.6. The first-order valence-corrected chi connectivity index (χ1v) is 17.1. The number of nitriles is 2. The van der Waals surface area contributed by atoms with E-state index in [2.05, 4.69) is 32.6 Å². The van der Waals surface area contributed by atoms with Crippen molar-refractivity contribution in [2.45, 2.75) is 44.9 Å². The average Bonchev–Trinajstić information content (AvgIpc) is 3.04. The van der Waals surface area contributed by atoms with E-state index >= 15 is 0 Å². The molecule has 12 heteroatoms. The SMILES string of the molecule is N#Cc1cc(Cc2ccc(NC(=O)CSC(=S)N3CCCCC3)c(C#N)c2)ccc1NC(=O)CSC(=S)N1CCCCC1. The van der Waals surface area contributed by atoms with E-state index in [0.717, 1.165) is 71.6 Å². The topological polar surface area (TPSA) is 112 Å². The van der Waals surface area contributed by atoms with Crippen LogP contribution >= 0.6 is 48.0 Å². The van der Waals surface area contributed by atoms with Gasteiger partial charge in [-0.2, -0.15) is 10.5 Å². The van der Waals surface area contributed by atoms with Gasteiger partial charge in [-0.1, -0.05) is 60.1 Å². The summed E-state index contributed by atoms with van der Waals surface area (Å²) in [5, 5.41) is 25.1. The van der Waals surface area contributed by atoms with E-state index in [0.29, 0.717) is 28.9 Å². The number of nitrogens with zero attached hydrogens (tertiary/aromatic N) is 4. The average molecular weight is 651 g/mol. The number of likely N-dealkylation sites (tertiary alicyclic amines) is 2. The number of piperidine rings is 2. The fourth-order valence-electron chi connectivity index (χ4n) is 5.00. The Morgan fingerprint density at radius 3 is 1.47 bits per heavy atom. The lowest BCUT2D eigenvalue weighted by Crippen LogP contribution is -2.33. The summed E-state index contributed by atoms with van der Waals surface area (Å²) in [7, 11) is 0. The van der Waals surface area contributed by atoms with Crippen molar-refractivity contribution in [2.75, 3.05) is 48.3 Å². The van der Waals surface area contributed by atoms with Crippen LogP contribution in [-0.4, -0.2) is 67.9 Å². The summed E-state index contributed by atoms with van der Waals surface area (Å²) >= 11 is 13.7. The number of benzene rings is 2. The molecule has 0 bridgehead atoms. The van der Waals surface area contributed by atoms with Gasteiger partial charge in [-0.3, -0.25) is 9.59 Å². The van der Waals surface area contributed by atoms with Gasteiger partial charge in [-0.25, -0.2) is 0 Å². The smallest absolute Gasteiger partial charge is 0.234 e. The number of carbonyl (C=O) groups excluding carboxylic acids is 2. The van der Waals surface area contributed by atoms with Gasteiger partial charge in [0.2, 0.25) is 11.8 Å². The fourth-order valence-corrected chi connectivity index (χ4v) is 7.11. The highest BCUT2D eigenvalue weighted by molar-refractivity contribution is 8.23. The molecule has 0 unspecified atom stereocenters. The van der Waals surface area contributed by atoms with Crippen molar-refractivity contribution in [1.82, 2.24) is 9.80 Å². The summed E-state index contributed by atoms with van der Waals surface area (Å²) in [6.45, 7) is 3.75. The summed E-state index contributed by atoms with van der Waals surface area (Å²) in [6.07, 6.45) is 7.40. The zero-order valence-electron chi connectivity index (χ0n) is 23.9. The van der Waals surface area contributed by atoms with Crippen LogP contribution in [0.15, 0.2) is 36.4 Å². The lowest BCUT2D eigenvalue weighted by Gasteiger charge is -2.28. The first kappa shape index (κ1) is 32.7. The largest absolute Gasteiger partial charge is 0.358 e. The van der Waals surface area contributed by atoms with Gasteiger partial charge in [0.15, 0.2) is 0 Å². The number of thioether (sulfide) groups is 2. The van der Waals surface area contributed by atoms with Crippen LogP contribution in [0.2, 0.25) is 0 Å². The molecule has 0 radical (unpaired) electrons. The van der Waals surface area contributed by atoms with Gasteiger partial charge in [0, 0.05) is 26.2 Å². The molecule has 2 aromatic carbocycles. The van der Waals surface area contributed by atoms with Crippen molar-refractivity contribution >= 4 is 79.8 Å². The lowest BCUT2D eigenvalue weighted by molar-refractivity contribution is -0.114. The van der Waals surface area contributed by atoms with Crippen LogP contribution in [0.1, 0.15) is 60.8 Å². The number of thiocarbonyl (C=S) groups is 2. The van der Waals surface area contributed by atoms with E-state index in [1.54, 1.807) is 24.3 Å². The third kappa shape index (κ3) is 9.94. The summed E-state index contributed by atoms with van der Waals surface area (Å²) in [4.78, 5) is 29.5. The molecule has 0 spiro atoms. The molecule has 8 nitrogen and oxygen atoms in total. The molecule has 2 saturated heterocycles. The maximum absolute atomic E-state index is 12.6. The van der Waals surface area contributed by atoms with Crippen molar-refractivity contribution in [3.05, 3.63) is 58.7 Å². The highest BCUT2D eigenvalue weighted by Gasteiger charge is 2.17. The molecule has 0 atom stereocenters. The Labute approximate surface area is 272 Å². The molecular formula is C31H34N6O2S4. The Balaban J connectivity index is 1.30. The van der Waals surface area contributed by atoms with Crippen LogP contribution in [0.5, 0.6) is 0 Å². The zero-order valence-corrected chi connectivity index (χ0v) is 27.2. The highest BCUT2D eigenvalue weighted by atomic mass is 32.2. The van der Waals surface area contributed by atoms with Crippen molar-refractivity contribution in [1.29, 1.82) is 10.5 Å². The Kier molecular flexibility index (Phi) is 12.7. The van der Waals surface area contributed by atoms with E-state index < -0.39 is 0 Å². The van der Waals surface area contributed by atoms with Gasteiger partial charge in [0.1, 0.15) is 20.8 Å². The van der Waals surface area contributed by atoms with E-state index in [4.69, 9.17) is 24.4 Å². The number of anilines is 2. The monoisotopic (exact) mass is 650 g/mol. The van der Waals surface area contributed by atoms with Crippen LogP contribution in [-0.2, 0) is 16.0 Å². The second-order valence-corrected chi connectivity index (χ2v) is 13.7. The number of hydrogen-bond donors (Lipinski definition) is 2. The summed E-state index contributed by atoms with van der Waals surface area (Å²) in [6, 6.07) is 15.0. The third-order valence-corrected chi connectivity index (χ3v) is 10.3. The molecule has 2 aromatic rings. The Bertz CT molecular complexity index is 1330. The van der Waals surface area contributed by atoms with E-state index in [1.165, 1.54) is 36.4 Å². The number of hydrogen-bond acceptors (Lipinski definition) is 8. The third-order valence-electron chi connectivity index (χ3n) is 7.25. The van der Waals surface area contributed by atoms with Gasteiger partial charge in [0.25, 0.3) is 0 Å². The second-order valence-electron chi connectivity index (χ2n) is 10.5. The minimum absolute atomic E-state index is 0.186. The Hall–Kier alpha value is -3.16. The van der Waals surface area contributed by atoms with Crippen LogP contribution < -0.4 is 10.6 Å². The first-order chi connectivity index (χ1) is 20.9. The van der Waals surface area contributed by atoms with Crippen LogP contribution in [0.25, 0.3) is 0 Å². The first-order valence-electron chi connectivity index (χ1n) is 14.4. The van der Waals surface area contributed by atoms with Gasteiger partial charge < -0.3 is 20.4 Å². The summed E-state index contributed by atoms with van der Waals surface area (Å²) in [5.41, 5.74) is 3.35. The maximum Gasteiger partial charge on any atom is 0.234 e. The van der Waals surface area contributed by atoms with Gasteiger partial charge in [0.05, 0.1) is 34.0 Å². The minimum Gasteiger partial charge on any atom is -0.358 e. The van der Waals surface area contributed by atoms with Crippen LogP contribution in [0, 0.1) is 22.7 Å². The fraction of sp³-hybridized carbons (Fsp3) is 0.419. The number of nitrogens with one attached hydrogen (secondary N) is 2. The molecule has 0 saturated carbocycles. The molecule has 2 N–H and O–H groups in total. The van der Waals surface area contributed by atoms with Gasteiger partial charge in [-0.15, -0.1) is 0 Å². The van der Waals surface area contributed by atoms with E-state index in [-0.39, 0.29) is 23.3 Å². The van der Waals surface area contributed by atoms with Crippen LogP contribution in [0.4, 0.5) is 11.4 Å². The molecule has 0 aliphatic carbocycles. The molecule has 2 aliphatic heterocycles. The van der Waals surface area contributed by atoms with Crippen molar-refractivity contribution < 1.29 is 9.59 Å². The molecule has 43 heavy (non-hydrogen) atoms. The van der Waals surface area contributed by atoms with E-state index in [1.807, 2.05) is 12.1 Å². The number of carbonyl (C=O) groups is 2. The minimum atomic E-state index is -0.211. The molecule has 2 aliphatic rings. The van der Waals surface area contributed by atoms with Crippen molar-refractivity contribution in [3.8, 4) is 12.1 Å². The lowest BCUT2D eigenvalue weighted by atomic mass is 10.00. The van der Waals surface area contributed by atoms with E-state index in [9.17, 15) is 20.1 Å². The number of rotatable bonds is 8. The molecule has 224 valence electrons. The molecule has 2 fully saturated rings. The molecule has 2 amide bonds. The maximum atomic E-state index is 12.6. The Morgan fingerprint density at radius 2 is 1.09 bits per heavy atom. The molecule has 0 aromatic heterocycles. The number of amides is 2. The predicted molar refractivity (Wildman–Crippen MR) is 183 cm³/mol. The van der Waals surface area contributed by atoms with Gasteiger partial charge in [-0.05, 0) is 80.3 Å². The standard InChI is InChI=1S/C31H34N6O2S4/c32-18-24-16-22(7-9-26(24)34-28(38)20-42-30(40)36-11-3-1-4-12-36)15-23-8-10-27(25(17-23)19-33)35-29(39)21-43-31(41)37-13-5-2-6-14-37/h7-10,16-17H,1-6,11-15,20-21H2,(H,34,38)(H,35,39). The predicted octanol–water partition coefficient (Wildman–Crippen LogP) is 5.91. The van der Waals surface area contributed by atoms with Gasteiger partial charge >= 0.3 is 0 Å². The Morgan fingerprint density at radius 1 is 0.698 bits per heavy atom. The zero-order chi connectivity index (χ0) is 30.6. The molecular weight excluding hydrogens is 617 g/mol.